The van der Waals surface area contributed by atoms with E-state index in [1.54, 1.807) is 7.11 Å². The summed E-state index contributed by atoms with van der Waals surface area (Å²) < 4.78 is 6.08. The Hall–Kier alpha value is -0.870. The number of nitrogens with zero attached hydrogens (tertiary/aromatic N) is 1. The third kappa shape index (κ3) is 2.19. The molecule has 2 heterocycles. The minimum absolute atomic E-state index is 0.698. The molecule has 0 aromatic carbocycles. The summed E-state index contributed by atoms with van der Waals surface area (Å²) >= 11 is 3.39. The van der Waals surface area contributed by atoms with Crippen molar-refractivity contribution in [1.29, 1.82) is 0 Å². The molecule has 0 saturated carbocycles. The van der Waals surface area contributed by atoms with Gasteiger partial charge in [-0.2, -0.15) is 0 Å². The Morgan fingerprint density at radius 1 is 1.44 bits per heavy atom. The molecule has 96 valence electrons. The maximum Gasteiger partial charge on any atom is 0.152 e. The van der Waals surface area contributed by atoms with Crippen LogP contribution in [0.3, 0.4) is 0 Å². The highest BCUT2D eigenvalue weighted by molar-refractivity contribution is 9.10. The van der Waals surface area contributed by atoms with E-state index in [0.717, 1.165) is 29.2 Å². The number of hydrogen-bond donors (Lipinski definition) is 1. The lowest BCUT2D eigenvalue weighted by molar-refractivity contribution is 0.409. The Balaban J connectivity index is 1.90. The van der Waals surface area contributed by atoms with E-state index in [2.05, 4.69) is 38.4 Å². The molecule has 1 fully saturated rings. The van der Waals surface area contributed by atoms with Crippen LogP contribution in [0, 0.1) is 11.8 Å². The van der Waals surface area contributed by atoms with Gasteiger partial charge in [-0.3, -0.25) is 0 Å². The monoisotopic (exact) mass is 308 g/mol. The number of aromatic nitrogens is 1. The van der Waals surface area contributed by atoms with Crippen molar-refractivity contribution in [1.82, 2.24) is 10.3 Å². The normalized spacial score (nSPS) is 26.7. The van der Waals surface area contributed by atoms with Crippen LogP contribution in [0.4, 0.5) is 0 Å². The number of pyridine rings is 1. The van der Waals surface area contributed by atoms with Gasteiger partial charge in [-0.05, 0) is 64.4 Å². The topological polar surface area (TPSA) is 34.1 Å². The first-order valence-electron chi connectivity index (χ1n) is 6.39. The van der Waals surface area contributed by atoms with Crippen molar-refractivity contribution < 1.29 is 4.74 Å². The summed E-state index contributed by atoms with van der Waals surface area (Å²) in [6.45, 7) is 2.30. The molecule has 0 amide bonds. The third-order valence-corrected chi connectivity index (χ3v) is 4.58. The van der Waals surface area contributed by atoms with Gasteiger partial charge in [-0.1, -0.05) is 6.08 Å². The maximum atomic E-state index is 5.31. The smallest absolute Gasteiger partial charge is 0.152 e. The lowest BCUT2D eigenvalue weighted by atomic mass is 9.81. The molecule has 18 heavy (non-hydrogen) atoms. The molecule has 1 aliphatic carbocycles. The van der Waals surface area contributed by atoms with Gasteiger partial charge in [0.15, 0.2) is 5.75 Å². The van der Waals surface area contributed by atoms with Crippen LogP contribution in [0.25, 0.3) is 5.57 Å². The van der Waals surface area contributed by atoms with Gasteiger partial charge in [-0.25, -0.2) is 4.98 Å². The second-order valence-electron chi connectivity index (χ2n) is 5.03. The van der Waals surface area contributed by atoms with Gasteiger partial charge in [0.1, 0.15) is 4.60 Å². The van der Waals surface area contributed by atoms with Crippen LogP contribution in [0.1, 0.15) is 18.4 Å². The van der Waals surface area contributed by atoms with E-state index >= 15 is 0 Å². The fourth-order valence-electron chi connectivity index (χ4n) is 2.93. The van der Waals surface area contributed by atoms with Gasteiger partial charge in [0, 0.05) is 12.7 Å². The molecule has 0 bridgehead atoms. The number of fused-ring (bicyclic) bond motifs is 1. The van der Waals surface area contributed by atoms with Crippen LogP contribution in [0.5, 0.6) is 5.75 Å². The first-order chi connectivity index (χ1) is 8.78. The minimum Gasteiger partial charge on any atom is -0.494 e. The number of nitrogens with one attached hydrogen (secondary N) is 1. The van der Waals surface area contributed by atoms with E-state index in [1.807, 2.05) is 6.20 Å². The number of allylic oxidation sites excluding steroid dienone is 1. The molecule has 1 aromatic rings. The van der Waals surface area contributed by atoms with Gasteiger partial charge >= 0.3 is 0 Å². The maximum absolute atomic E-state index is 5.31. The quantitative estimate of drug-likeness (QED) is 0.853. The predicted molar refractivity (Wildman–Crippen MR) is 75.5 cm³/mol. The van der Waals surface area contributed by atoms with Crippen molar-refractivity contribution in [2.75, 3.05) is 20.2 Å². The van der Waals surface area contributed by atoms with Crippen molar-refractivity contribution in [2.45, 2.75) is 12.8 Å². The van der Waals surface area contributed by atoms with Crippen LogP contribution < -0.4 is 10.1 Å². The second kappa shape index (κ2) is 5.02. The molecule has 3 rings (SSSR count). The second-order valence-corrected chi connectivity index (χ2v) is 5.78. The zero-order valence-corrected chi connectivity index (χ0v) is 12.0. The van der Waals surface area contributed by atoms with Gasteiger partial charge in [-0.15, -0.1) is 0 Å². The summed E-state index contributed by atoms with van der Waals surface area (Å²) in [5.41, 5.74) is 2.61. The molecule has 3 nitrogen and oxygen atoms in total. The average molecular weight is 309 g/mol. The molecule has 0 unspecified atom stereocenters. The largest absolute Gasteiger partial charge is 0.494 e. The molecule has 2 atom stereocenters. The summed E-state index contributed by atoms with van der Waals surface area (Å²) in [6, 6.07) is 2.08. The minimum atomic E-state index is 0.698. The Bertz CT molecular complexity index is 487. The van der Waals surface area contributed by atoms with Crippen molar-refractivity contribution in [3.05, 3.63) is 28.5 Å². The lowest BCUT2D eigenvalue weighted by Gasteiger charge is -2.23. The van der Waals surface area contributed by atoms with Crippen molar-refractivity contribution in [3.8, 4) is 5.75 Å². The molecule has 1 saturated heterocycles. The van der Waals surface area contributed by atoms with E-state index in [-0.39, 0.29) is 0 Å². The van der Waals surface area contributed by atoms with Gasteiger partial charge in [0.05, 0.1) is 7.11 Å². The fraction of sp³-hybridized carbons (Fsp3) is 0.500. The summed E-state index contributed by atoms with van der Waals surface area (Å²) in [7, 11) is 1.68. The van der Waals surface area contributed by atoms with E-state index in [4.69, 9.17) is 4.74 Å². The number of halogens is 1. The van der Waals surface area contributed by atoms with Crippen LogP contribution in [-0.2, 0) is 0 Å². The van der Waals surface area contributed by atoms with E-state index in [0.29, 0.717) is 5.92 Å². The highest BCUT2D eigenvalue weighted by Gasteiger charge is 2.29. The van der Waals surface area contributed by atoms with E-state index in [1.165, 1.54) is 24.1 Å². The van der Waals surface area contributed by atoms with Crippen LogP contribution >= 0.6 is 15.9 Å². The summed E-state index contributed by atoms with van der Waals surface area (Å²) in [5, 5.41) is 3.48. The third-order valence-electron chi connectivity index (χ3n) is 3.99. The zero-order valence-electron chi connectivity index (χ0n) is 10.4. The van der Waals surface area contributed by atoms with E-state index in [9.17, 15) is 0 Å². The van der Waals surface area contributed by atoms with Gasteiger partial charge < -0.3 is 10.1 Å². The lowest BCUT2D eigenvalue weighted by Crippen LogP contribution is -2.15. The Morgan fingerprint density at radius 3 is 3.17 bits per heavy atom. The standard InChI is InChI=1S/C14H17BrN2O/c1-18-13-5-12(8-17-14(13)15)9-2-3-10-6-16-7-11(10)4-9/h4-5,8,10-11,16H,2-3,6-7H2,1H3/t10-,11+/m0/s1. The van der Waals surface area contributed by atoms with Crippen molar-refractivity contribution in [2.24, 2.45) is 11.8 Å². The van der Waals surface area contributed by atoms with Crippen LogP contribution in [-0.4, -0.2) is 25.2 Å². The van der Waals surface area contributed by atoms with Crippen LogP contribution in [0.15, 0.2) is 22.9 Å². The molecule has 1 N–H and O–H groups in total. The predicted octanol–water partition coefficient (Wildman–Crippen LogP) is 2.87. The number of methoxy groups -OCH3 is 1. The molecule has 4 heteroatoms. The highest BCUT2D eigenvalue weighted by atomic mass is 79.9. The van der Waals surface area contributed by atoms with Gasteiger partial charge in [0.2, 0.25) is 0 Å². The highest BCUT2D eigenvalue weighted by Crippen LogP contribution is 2.37. The first-order valence-corrected chi connectivity index (χ1v) is 7.18. The molecule has 0 spiro atoms. The SMILES string of the molecule is COc1cc(C2=C[C@@H]3CNC[C@@H]3CC2)cnc1Br. The summed E-state index contributed by atoms with van der Waals surface area (Å²) in [6.07, 6.45) is 6.79. The van der Waals surface area contributed by atoms with Gasteiger partial charge in [0.25, 0.3) is 0 Å². The summed E-state index contributed by atoms with van der Waals surface area (Å²) in [5.74, 6) is 2.34. The number of hydrogen-bond acceptors (Lipinski definition) is 3. The summed E-state index contributed by atoms with van der Waals surface area (Å²) in [4.78, 5) is 4.35. The molecule has 0 radical (unpaired) electrons. The molecular weight excluding hydrogens is 292 g/mol. The fourth-order valence-corrected chi connectivity index (χ4v) is 3.31. The Morgan fingerprint density at radius 2 is 2.33 bits per heavy atom. The zero-order chi connectivity index (χ0) is 12.5. The molecule has 1 aromatic heterocycles. The first kappa shape index (κ1) is 12.2. The van der Waals surface area contributed by atoms with Crippen LogP contribution in [0.2, 0.25) is 0 Å². The average Bonchev–Trinajstić information content (AvgIpc) is 2.86. The number of rotatable bonds is 2. The Kier molecular flexibility index (Phi) is 3.39. The van der Waals surface area contributed by atoms with Crippen molar-refractivity contribution in [3.63, 3.8) is 0 Å². The molecule has 1 aliphatic heterocycles. The van der Waals surface area contributed by atoms with Crippen molar-refractivity contribution >= 4 is 21.5 Å². The molecule has 2 aliphatic rings. The number of ether oxygens (including phenoxy) is 1. The Labute approximate surface area is 116 Å². The molecular formula is C14H17BrN2O. The van der Waals surface area contributed by atoms with E-state index < -0.39 is 0 Å².